The summed E-state index contributed by atoms with van der Waals surface area (Å²) in [5.41, 5.74) is 1.24. The van der Waals surface area contributed by atoms with Crippen molar-refractivity contribution >= 4 is 21.3 Å². The Labute approximate surface area is 136 Å². The highest BCUT2D eigenvalue weighted by atomic mass is 32.2. The highest BCUT2D eigenvalue weighted by Gasteiger charge is 2.38. The Kier molecular flexibility index (Phi) is 3.93. The van der Waals surface area contributed by atoms with Gasteiger partial charge in [0.2, 0.25) is 0 Å². The van der Waals surface area contributed by atoms with Gasteiger partial charge in [-0.1, -0.05) is 0 Å². The predicted octanol–water partition coefficient (Wildman–Crippen LogP) is 1.61. The molecule has 0 saturated carbocycles. The molecule has 2 aromatic heterocycles. The Morgan fingerprint density at radius 1 is 1.25 bits per heavy atom. The van der Waals surface area contributed by atoms with Crippen LogP contribution in [0.4, 0.5) is 19.0 Å². The predicted molar refractivity (Wildman–Crippen MR) is 80.5 cm³/mol. The molecule has 1 aliphatic rings. The maximum absolute atomic E-state index is 13.0. The molecule has 1 fully saturated rings. The van der Waals surface area contributed by atoms with Crippen LogP contribution in [0.15, 0.2) is 0 Å². The average molecular weight is 363 g/mol. The van der Waals surface area contributed by atoms with E-state index in [9.17, 15) is 21.6 Å². The minimum Gasteiger partial charge on any atom is -0.368 e. The summed E-state index contributed by atoms with van der Waals surface area (Å²) < 4.78 is 62.6. The summed E-state index contributed by atoms with van der Waals surface area (Å²) in [6.45, 7) is 3.70. The topological polar surface area (TPSA) is 89.2 Å². The molecular weight excluding hydrogens is 347 g/mol. The summed E-state index contributed by atoms with van der Waals surface area (Å²) in [5.74, 6) is -0.759. The van der Waals surface area contributed by atoms with Gasteiger partial charge in [0.05, 0.1) is 11.5 Å². The molecule has 3 heterocycles. The van der Waals surface area contributed by atoms with Crippen molar-refractivity contribution in [1.29, 1.82) is 0 Å². The zero-order valence-corrected chi connectivity index (χ0v) is 13.9. The number of fused-ring (bicyclic) bond motifs is 1. The Bertz CT molecular complexity index is 891. The first-order chi connectivity index (χ1) is 11.1. The number of aromatic nitrogens is 4. The molecule has 1 unspecified atom stereocenters. The lowest BCUT2D eigenvalue weighted by Gasteiger charge is -2.14. The Morgan fingerprint density at radius 2 is 1.96 bits per heavy atom. The summed E-state index contributed by atoms with van der Waals surface area (Å²) >= 11 is 0. The minimum absolute atomic E-state index is 0.0498. The lowest BCUT2D eigenvalue weighted by Crippen LogP contribution is -2.19. The maximum atomic E-state index is 13.0. The lowest BCUT2D eigenvalue weighted by molar-refractivity contribution is -0.146. The van der Waals surface area contributed by atoms with Crippen LogP contribution in [0.1, 0.15) is 23.4 Å². The van der Waals surface area contributed by atoms with Crippen LogP contribution >= 0.6 is 0 Å². The summed E-state index contributed by atoms with van der Waals surface area (Å²) in [6, 6.07) is 0. The highest BCUT2D eigenvalue weighted by molar-refractivity contribution is 7.91. The van der Waals surface area contributed by atoms with Gasteiger partial charge in [-0.05, 0) is 31.7 Å². The van der Waals surface area contributed by atoms with E-state index in [-0.39, 0.29) is 28.9 Å². The fourth-order valence-corrected chi connectivity index (χ4v) is 4.61. The third-order valence-corrected chi connectivity index (χ3v) is 6.07. The van der Waals surface area contributed by atoms with Crippen molar-refractivity contribution in [2.75, 3.05) is 23.4 Å². The van der Waals surface area contributed by atoms with Crippen molar-refractivity contribution in [3.8, 4) is 0 Å². The smallest absolute Gasteiger partial charge is 0.368 e. The second-order valence-corrected chi connectivity index (χ2v) is 8.23. The van der Waals surface area contributed by atoms with E-state index in [1.165, 1.54) is 0 Å². The molecule has 1 aliphatic heterocycles. The largest absolute Gasteiger partial charge is 0.453 e. The first-order valence-electron chi connectivity index (χ1n) is 7.32. The van der Waals surface area contributed by atoms with Crippen molar-refractivity contribution in [1.82, 2.24) is 19.8 Å². The zero-order chi connectivity index (χ0) is 17.7. The molecular formula is C13H16F3N5O2S. The van der Waals surface area contributed by atoms with E-state index < -0.39 is 21.8 Å². The summed E-state index contributed by atoms with van der Waals surface area (Å²) in [7, 11) is -3.00. The molecule has 1 atom stereocenters. The SMILES string of the molecule is Cc1c(NCC2CCS(=O)(=O)C2)nn2c(C(F)(F)F)nnc2c1C. The van der Waals surface area contributed by atoms with Crippen molar-refractivity contribution in [3.63, 3.8) is 0 Å². The monoisotopic (exact) mass is 363 g/mol. The first kappa shape index (κ1) is 16.9. The number of nitrogens with one attached hydrogen (secondary N) is 1. The zero-order valence-electron chi connectivity index (χ0n) is 13.1. The number of hydrogen-bond donors (Lipinski definition) is 1. The van der Waals surface area contributed by atoms with Gasteiger partial charge in [-0.15, -0.1) is 15.3 Å². The van der Waals surface area contributed by atoms with Gasteiger partial charge in [-0.3, -0.25) is 0 Å². The number of sulfone groups is 1. The van der Waals surface area contributed by atoms with Gasteiger partial charge < -0.3 is 5.32 Å². The van der Waals surface area contributed by atoms with Crippen molar-refractivity contribution in [2.45, 2.75) is 26.4 Å². The van der Waals surface area contributed by atoms with Crippen molar-refractivity contribution in [3.05, 3.63) is 17.0 Å². The van der Waals surface area contributed by atoms with E-state index in [0.717, 1.165) is 0 Å². The first-order valence-corrected chi connectivity index (χ1v) is 9.15. The van der Waals surface area contributed by atoms with Gasteiger partial charge in [0.15, 0.2) is 15.5 Å². The number of nitrogens with zero attached hydrogens (tertiary/aromatic N) is 4. The summed E-state index contributed by atoms with van der Waals surface area (Å²) in [6.07, 6.45) is -4.12. The number of anilines is 1. The Balaban J connectivity index is 1.92. The Morgan fingerprint density at radius 3 is 2.54 bits per heavy atom. The van der Waals surface area contributed by atoms with Gasteiger partial charge >= 0.3 is 6.18 Å². The number of rotatable bonds is 3. The van der Waals surface area contributed by atoms with Crippen molar-refractivity contribution in [2.24, 2.45) is 5.92 Å². The molecule has 132 valence electrons. The van der Waals surface area contributed by atoms with Gasteiger partial charge in [0, 0.05) is 12.1 Å². The van der Waals surface area contributed by atoms with Gasteiger partial charge in [0.25, 0.3) is 5.82 Å². The van der Waals surface area contributed by atoms with Crippen LogP contribution in [0.25, 0.3) is 5.65 Å². The van der Waals surface area contributed by atoms with Crippen LogP contribution in [0, 0.1) is 19.8 Å². The molecule has 0 spiro atoms. The Hall–Kier alpha value is -1.91. The number of halogens is 3. The molecule has 0 bridgehead atoms. The van der Waals surface area contributed by atoms with Gasteiger partial charge in [0.1, 0.15) is 5.82 Å². The fourth-order valence-electron chi connectivity index (χ4n) is 2.75. The van der Waals surface area contributed by atoms with Crippen molar-refractivity contribution < 1.29 is 21.6 Å². The van der Waals surface area contributed by atoms with Crippen LogP contribution < -0.4 is 5.32 Å². The molecule has 0 aliphatic carbocycles. The number of aryl methyl sites for hydroxylation is 1. The quantitative estimate of drug-likeness (QED) is 0.891. The minimum atomic E-state index is -4.66. The van der Waals surface area contributed by atoms with Gasteiger partial charge in [-0.2, -0.15) is 17.7 Å². The molecule has 0 aromatic carbocycles. The number of hydrogen-bond acceptors (Lipinski definition) is 6. The third-order valence-electron chi connectivity index (χ3n) is 4.23. The molecule has 0 radical (unpaired) electrons. The van der Waals surface area contributed by atoms with Crippen LogP contribution in [0.5, 0.6) is 0 Å². The second kappa shape index (κ2) is 5.57. The van der Waals surface area contributed by atoms with Crippen LogP contribution in [0.2, 0.25) is 0 Å². The second-order valence-electron chi connectivity index (χ2n) is 6.01. The molecule has 1 N–H and O–H groups in total. The number of alkyl halides is 3. The van der Waals surface area contributed by atoms with Crippen LogP contribution in [0.3, 0.4) is 0 Å². The van der Waals surface area contributed by atoms with E-state index in [1.807, 2.05) is 0 Å². The molecule has 24 heavy (non-hydrogen) atoms. The van der Waals surface area contributed by atoms with Crippen LogP contribution in [-0.2, 0) is 16.0 Å². The van der Waals surface area contributed by atoms with E-state index in [2.05, 4.69) is 20.6 Å². The molecule has 0 amide bonds. The van der Waals surface area contributed by atoms with Gasteiger partial charge in [-0.25, -0.2) is 8.42 Å². The molecule has 1 saturated heterocycles. The molecule has 3 rings (SSSR count). The molecule has 7 nitrogen and oxygen atoms in total. The van der Waals surface area contributed by atoms with E-state index in [1.54, 1.807) is 13.8 Å². The van der Waals surface area contributed by atoms with E-state index in [4.69, 9.17) is 0 Å². The van der Waals surface area contributed by atoms with Crippen LogP contribution in [-0.4, -0.2) is 46.3 Å². The average Bonchev–Trinajstić information content (AvgIpc) is 3.04. The summed E-state index contributed by atoms with van der Waals surface area (Å²) in [5, 5.41) is 13.7. The normalized spacial score (nSPS) is 20.6. The highest BCUT2D eigenvalue weighted by Crippen LogP contribution is 2.30. The molecule has 11 heteroatoms. The fraction of sp³-hybridized carbons (Fsp3) is 0.615. The lowest BCUT2D eigenvalue weighted by atomic mass is 10.1. The summed E-state index contributed by atoms with van der Waals surface area (Å²) in [4.78, 5) is 0. The standard InChI is InChI=1S/C13H16F3N5O2S/c1-7-8(2)11-18-19-12(13(14,15)16)21(11)20-10(7)17-5-9-3-4-24(22,23)6-9/h9H,3-6H2,1-2H3,(H,17,20). The van der Waals surface area contributed by atoms with E-state index >= 15 is 0 Å². The van der Waals surface area contributed by atoms with E-state index in [0.29, 0.717) is 28.6 Å². The third kappa shape index (κ3) is 3.04. The molecule has 2 aromatic rings. The maximum Gasteiger partial charge on any atom is 0.453 e.